The summed E-state index contributed by atoms with van der Waals surface area (Å²) < 4.78 is 22.2. The molecule has 1 aliphatic heterocycles. The Balaban J connectivity index is 1.61. The molecule has 4 rings (SSSR count). The van der Waals surface area contributed by atoms with Gasteiger partial charge in [-0.3, -0.25) is 4.90 Å². The maximum atomic E-state index is 5.68. The summed E-state index contributed by atoms with van der Waals surface area (Å²) in [5, 5.41) is 6.50. The summed E-state index contributed by atoms with van der Waals surface area (Å²) in [6, 6.07) is 10.5. The number of hydrogen-bond donors (Lipinski definition) is 0. The maximum Gasteiger partial charge on any atom is 0.203 e. The topological polar surface area (TPSA) is 57.0 Å². The van der Waals surface area contributed by atoms with Gasteiger partial charge in [-0.15, -0.1) is 11.3 Å². The first-order valence-corrected chi connectivity index (χ1v) is 11.1. The average Bonchev–Trinajstić information content (AvgIpc) is 3.42. The normalized spacial score (nSPS) is 17.5. The lowest BCUT2D eigenvalue weighted by atomic mass is 10.0. The zero-order valence-corrected chi connectivity index (χ0v) is 18.5. The Hall–Kier alpha value is -2.51. The fourth-order valence-electron chi connectivity index (χ4n) is 4.13. The number of hydrogen-bond acceptors (Lipinski definition) is 7. The minimum atomic E-state index is 0.226. The van der Waals surface area contributed by atoms with E-state index in [-0.39, 0.29) is 6.04 Å². The Morgan fingerprint density at radius 2 is 1.87 bits per heavy atom. The summed E-state index contributed by atoms with van der Waals surface area (Å²) in [5.41, 5.74) is 2.13. The number of nitrogens with zero attached hydrogens (tertiary/aromatic N) is 2. The van der Waals surface area contributed by atoms with Gasteiger partial charge in [0.2, 0.25) is 5.75 Å². The molecule has 160 valence electrons. The number of benzene rings is 1. The minimum Gasteiger partial charge on any atom is -0.493 e. The summed E-state index contributed by atoms with van der Waals surface area (Å²) in [6.45, 7) is 1.80. The summed E-state index contributed by atoms with van der Waals surface area (Å²) in [4.78, 5) is 3.60. The zero-order chi connectivity index (χ0) is 20.9. The van der Waals surface area contributed by atoms with Crippen molar-refractivity contribution >= 4 is 11.3 Å². The number of methoxy groups -OCH3 is 3. The molecule has 3 aromatic rings. The second kappa shape index (κ2) is 9.53. The van der Waals surface area contributed by atoms with E-state index in [4.69, 9.17) is 18.7 Å². The Morgan fingerprint density at radius 1 is 1.07 bits per heavy atom. The van der Waals surface area contributed by atoms with Gasteiger partial charge in [-0.2, -0.15) is 0 Å². The van der Waals surface area contributed by atoms with E-state index in [0.29, 0.717) is 17.2 Å². The van der Waals surface area contributed by atoms with Crippen LogP contribution in [0.15, 0.2) is 40.2 Å². The fourth-order valence-corrected chi connectivity index (χ4v) is 4.81. The van der Waals surface area contributed by atoms with Crippen molar-refractivity contribution in [3.8, 4) is 27.9 Å². The van der Waals surface area contributed by atoms with Crippen LogP contribution in [0.4, 0.5) is 0 Å². The van der Waals surface area contributed by atoms with Gasteiger partial charge in [0.15, 0.2) is 17.3 Å². The van der Waals surface area contributed by atoms with Crippen LogP contribution in [0.5, 0.6) is 17.2 Å². The second-order valence-electron chi connectivity index (χ2n) is 7.46. The van der Waals surface area contributed by atoms with Gasteiger partial charge in [0.05, 0.1) is 32.2 Å². The Labute approximate surface area is 181 Å². The van der Waals surface area contributed by atoms with E-state index < -0.39 is 0 Å². The van der Waals surface area contributed by atoms with Crippen LogP contribution in [0.2, 0.25) is 0 Å². The largest absolute Gasteiger partial charge is 0.493 e. The molecule has 0 saturated carbocycles. The van der Waals surface area contributed by atoms with E-state index in [1.54, 1.807) is 32.7 Å². The van der Waals surface area contributed by atoms with E-state index in [1.807, 2.05) is 18.2 Å². The molecule has 1 fully saturated rings. The average molecular weight is 429 g/mol. The van der Waals surface area contributed by atoms with Gasteiger partial charge >= 0.3 is 0 Å². The number of aromatic nitrogens is 1. The van der Waals surface area contributed by atoms with Crippen LogP contribution in [-0.2, 0) is 6.54 Å². The molecule has 30 heavy (non-hydrogen) atoms. The van der Waals surface area contributed by atoms with Crippen LogP contribution >= 0.6 is 11.3 Å². The van der Waals surface area contributed by atoms with Crippen molar-refractivity contribution in [3.63, 3.8) is 0 Å². The molecule has 0 unspecified atom stereocenters. The number of ether oxygens (including phenoxy) is 3. The van der Waals surface area contributed by atoms with Gasteiger partial charge < -0.3 is 18.7 Å². The fraction of sp³-hybridized carbons (Fsp3) is 0.435. The van der Waals surface area contributed by atoms with Crippen LogP contribution in [-0.4, -0.2) is 37.9 Å². The highest BCUT2D eigenvalue weighted by molar-refractivity contribution is 7.13. The van der Waals surface area contributed by atoms with Gasteiger partial charge in [-0.1, -0.05) is 24.1 Å². The smallest absolute Gasteiger partial charge is 0.203 e. The molecule has 1 aromatic carbocycles. The lowest BCUT2D eigenvalue weighted by Gasteiger charge is -2.28. The molecule has 0 amide bonds. The predicted octanol–water partition coefficient (Wildman–Crippen LogP) is 5.55. The summed E-state index contributed by atoms with van der Waals surface area (Å²) in [6.07, 6.45) is 4.67. The molecular weight excluding hydrogens is 400 g/mol. The number of likely N-dealkylation sites (tertiary alicyclic amines) is 1. The predicted molar refractivity (Wildman–Crippen MR) is 118 cm³/mol. The molecule has 0 bridgehead atoms. The number of rotatable bonds is 7. The second-order valence-corrected chi connectivity index (χ2v) is 8.41. The summed E-state index contributed by atoms with van der Waals surface area (Å²) >= 11 is 1.67. The molecule has 0 radical (unpaired) electrons. The van der Waals surface area contributed by atoms with E-state index in [2.05, 4.69) is 27.6 Å². The quantitative estimate of drug-likeness (QED) is 0.492. The number of thiophene rings is 1. The molecule has 0 aliphatic carbocycles. The van der Waals surface area contributed by atoms with E-state index in [0.717, 1.165) is 41.4 Å². The third kappa shape index (κ3) is 4.32. The van der Waals surface area contributed by atoms with Crippen molar-refractivity contribution in [3.05, 3.63) is 47.0 Å². The highest BCUT2D eigenvalue weighted by Gasteiger charge is 2.27. The minimum absolute atomic E-state index is 0.226. The molecule has 1 saturated heterocycles. The van der Waals surface area contributed by atoms with Crippen molar-refractivity contribution in [2.45, 2.75) is 38.3 Å². The third-order valence-electron chi connectivity index (χ3n) is 5.61. The van der Waals surface area contributed by atoms with Crippen molar-refractivity contribution < 1.29 is 18.7 Å². The molecule has 3 heterocycles. The van der Waals surface area contributed by atoms with Crippen LogP contribution < -0.4 is 14.2 Å². The standard InChI is InChI=1S/C23H28N2O4S/c1-26-20-12-16(13-21(27-2)23(20)28-3)15-25-10-6-4-5-8-18(25)17-14-19(29-24-17)22-9-7-11-30-22/h7,9,11-14,18H,4-6,8,10,15H2,1-3H3/t18-/m1/s1. The first-order valence-electron chi connectivity index (χ1n) is 10.3. The van der Waals surface area contributed by atoms with E-state index in [1.165, 1.54) is 19.3 Å². The maximum absolute atomic E-state index is 5.68. The van der Waals surface area contributed by atoms with Crippen LogP contribution in [0.25, 0.3) is 10.6 Å². The first kappa shape index (κ1) is 20.8. The molecule has 2 aromatic heterocycles. The first-order chi connectivity index (χ1) is 14.7. The molecule has 1 aliphatic rings. The van der Waals surface area contributed by atoms with E-state index in [9.17, 15) is 0 Å². The Morgan fingerprint density at radius 3 is 2.53 bits per heavy atom. The van der Waals surface area contributed by atoms with Gasteiger partial charge in [-0.25, -0.2) is 0 Å². The summed E-state index contributed by atoms with van der Waals surface area (Å²) in [5.74, 6) is 2.82. The van der Waals surface area contributed by atoms with Crippen LogP contribution in [0.3, 0.4) is 0 Å². The Bertz CT molecular complexity index is 929. The molecule has 7 heteroatoms. The van der Waals surface area contributed by atoms with Gasteiger partial charge in [-0.05, 0) is 48.5 Å². The van der Waals surface area contributed by atoms with Crippen molar-refractivity contribution in [1.29, 1.82) is 0 Å². The Kier molecular flexibility index (Phi) is 6.59. The molecule has 0 spiro atoms. The monoisotopic (exact) mass is 428 g/mol. The highest BCUT2D eigenvalue weighted by Crippen LogP contribution is 2.40. The lowest BCUT2D eigenvalue weighted by Crippen LogP contribution is -2.28. The SMILES string of the molecule is COc1cc(CN2CCCCC[C@@H]2c2cc(-c3cccs3)on2)cc(OC)c1OC. The highest BCUT2D eigenvalue weighted by atomic mass is 32.1. The van der Waals surface area contributed by atoms with Crippen LogP contribution in [0.1, 0.15) is 43.0 Å². The molecule has 6 nitrogen and oxygen atoms in total. The van der Waals surface area contributed by atoms with Gasteiger partial charge in [0.1, 0.15) is 5.69 Å². The molecular formula is C23H28N2O4S. The van der Waals surface area contributed by atoms with E-state index >= 15 is 0 Å². The van der Waals surface area contributed by atoms with Gasteiger partial charge in [0.25, 0.3) is 0 Å². The van der Waals surface area contributed by atoms with Gasteiger partial charge in [0, 0.05) is 12.6 Å². The summed E-state index contributed by atoms with van der Waals surface area (Å²) in [7, 11) is 4.93. The third-order valence-corrected chi connectivity index (χ3v) is 6.49. The zero-order valence-electron chi connectivity index (χ0n) is 17.7. The van der Waals surface area contributed by atoms with Crippen LogP contribution in [0, 0.1) is 0 Å². The molecule has 0 N–H and O–H groups in total. The van der Waals surface area contributed by atoms with Crippen molar-refractivity contribution in [1.82, 2.24) is 10.1 Å². The lowest BCUT2D eigenvalue weighted by molar-refractivity contribution is 0.183. The van der Waals surface area contributed by atoms with Crippen molar-refractivity contribution in [2.24, 2.45) is 0 Å². The molecule has 1 atom stereocenters. The van der Waals surface area contributed by atoms with Crippen molar-refractivity contribution in [2.75, 3.05) is 27.9 Å².